The first kappa shape index (κ1) is 9.57. The lowest BCUT2D eigenvalue weighted by Crippen LogP contribution is -2.02. The van der Waals surface area contributed by atoms with Crippen LogP contribution < -0.4 is 5.73 Å². The van der Waals surface area contributed by atoms with Crippen LogP contribution in [-0.2, 0) is 11.3 Å². The molecule has 0 saturated carbocycles. The number of imidazole rings is 1. The number of carboxylic acid groups (broad SMARTS) is 1. The lowest BCUT2D eigenvalue weighted by atomic mass is 10.3. The molecule has 0 spiro atoms. The Hall–Kier alpha value is -1.52. The van der Waals surface area contributed by atoms with Gasteiger partial charge in [0.25, 0.3) is 0 Å². The van der Waals surface area contributed by atoms with Crippen molar-refractivity contribution in [3.05, 3.63) is 12.0 Å². The zero-order chi connectivity index (χ0) is 9.84. The SMILES string of the molecule is Cc1nc(N)cn1CCCC(=O)O. The smallest absolute Gasteiger partial charge is 0.303 e. The summed E-state index contributed by atoms with van der Waals surface area (Å²) in [5.41, 5.74) is 5.46. The largest absolute Gasteiger partial charge is 0.481 e. The van der Waals surface area contributed by atoms with E-state index < -0.39 is 5.97 Å². The number of aromatic nitrogens is 2. The van der Waals surface area contributed by atoms with Gasteiger partial charge in [-0.25, -0.2) is 4.98 Å². The van der Waals surface area contributed by atoms with E-state index in [4.69, 9.17) is 10.8 Å². The highest BCUT2D eigenvalue weighted by atomic mass is 16.4. The maximum Gasteiger partial charge on any atom is 0.303 e. The van der Waals surface area contributed by atoms with Crippen molar-refractivity contribution in [3.63, 3.8) is 0 Å². The van der Waals surface area contributed by atoms with Crippen molar-refractivity contribution in [1.82, 2.24) is 9.55 Å². The molecule has 0 fully saturated rings. The van der Waals surface area contributed by atoms with Crippen LogP contribution in [0.25, 0.3) is 0 Å². The van der Waals surface area contributed by atoms with Crippen LogP contribution >= 0.6 is 0 Å². The van der Waals surface area contributed by atoms with Gasteiger partial charge in [-0.2, -0.15) is 0 Å². The summed E-state index contributed by atoms with van der Waals surface area (Å²) in [7, 11) is 0. The lowest BCUT2D eigenvalue weighted by Gasteiger charge is -2.01. The third kappa shape index (κ3) is 2.77. The summed E-state index contributed by atoms with van der Waals surface area (Å²) in [5.74, 6) is 0.529. The Bertz CT molecular complexity index is 306. The molecule has 0 unspecified atom stereocenters. The second-order valence-electron chi connectivity index (χ2n) is 2.90. The van der Waals surface area contributed by atoms with Crippen LogP contribution in [-0.4, -0.2) is 20.6 Å². The van der Waals surface area contributed by atoms with Gasteiger partial charge in [0.05, 0.1) is 0 Å². The quantitative estimate of drug-likeness (QED) is 0.717. The maximum absolute atomic E-state index is 10.2. The standard InChI is InChI=1S/C8H13N3O2/c1-6-10-7(9)5-11(6)4-2-3-8(12)13/h5H,2-4,9H2,1H3,(H,12,13). The second-order valence-corrected chi connectivity index (χ2v) is 2.90. The molecule has 0 amide bonds. The molecule has 0 aromatic carbocycles. The minimum atomic E-state index is -0.772. The summed E-state index contributed by atoms with van der Waals surface area (Å²) >= 11 is 0. The van der Waals surface area contributed by atoms with Crippen molar-refractivity contribution < 1.29 is 9.90 Å². The van der Waals surface area contributed by atoms with Crippen molar-refractivity contribution in [2.75, 3.05) is 5.73 Å². The number of aliphatic carboxylic acids is 1. The van der Waals surface area contributed by atoms with Crippen LogP contribution in [0.15, 0.2) is 6.20 Å². The predicted molar refractivity (Wildman–Crippen MR) is 48.2 cm³/mol. The summed E-state index contributed by atoms with van der Waals surface area (Å²) in [6.45, 7) is 2.50. The van der Waals surface area contributed by atoms with Gasteiger partial charge >= 0.3 is 5.97 Å². The molecule has 72 valence electrons. The third-order valence-electron chi connectivity index (χ3n) is 1.78. The molecule has 1 rings (SSSR count). The van der Waals surface area contributed by atoms with Crippen molar-refractivity contribution in [2.24, 2.45) is 0 Å². The average molecular weight is 183 g/mol. The minimum absolute atomic E-state index is 0.178. The van der Waals surface area contributed by atoms with Gasteiger partial charge in [-0.05, 0) is 13.3 Å². The van der Waals surface area contributed by atoms with Crippen molar-refractivity contribution in [3.8, 4) is 0 Å². The van der Waals surface area contributed by atoms with Gasteiger partial charge in [-0.3, -0.25) is 4.79 Å². The van der Waals surface area contributed by atoms with E-state index in [1.54, 1.807) is 6.20 Å². The first-order valence-electron chi connectivity index (χ1n) is 4.10. The van der Waals surface area contributed by atoms with Crippen molar-refractivity contribution in [2.45, 2.75) is 26.3 Å². The summed E-state index contributed by atoms with van der Waals surface area (Å²) in [6, 6.07) is 0. The Labute approximate surface area is 76.2 Å². The fourth-order valence-corrected chi connectivity index (χ4v) is 1.16. The topological polar surface area (TPSA) is 81.1 Å². The normalized spacial score (nSPS) is 10.2. The molecule has 5 heteroatoms. The van der Waals surface area contributed by atoms with E-state index in [0.29, 0.717) is 18.8 Å². The van der Waals surface area contributed by atoms with Gasteiger partial charge in [-0.15, -0.1) is 0 Å². The van der Waals surface area contributed by atoms with E-state index in [1.807, 2.05) is 11.5 Å². The first-order valence-corrected chi connectivity index (χ1v) is 4.10. The van der Waals surface area contributed by atoms with E-state index in [1.165, 1.54) is 0 Å². The zero-order valence-electron chi connectivity index (χ0n) is 7.53. The molecule has 5 nitrogen and oxygen atoms in total. The van der Waals surface area contributed by atoms with E-state index >= 15 is 0 Å². The summed E-state index contributed by atoms with van der Waals surface area (Å²) in [5, 5.41) is 8.42. The molecule has 1 aromatic rings. The number of carbonyl (C=O) groups is 1. The fourth-order valence-electron chi connectivity index (χ4n) is 1.16. The molecule has 0 aliphatic rings. The Morgan fingerprint density at radius 3 is 2.92 bits per heavy atom. The Kier molecular flexibility index (Phi) is 2.89. The molecule has 1 aromatic heterocycles. The maximum atomic E-state index is 10.2. The van der Waals surface area contributed by atoms with Crippen molar-refractivity contribution in [1.29, 1.82) is 0 Å². The van der Waals surface area contributed by atoms with Crippen LogP contribution in [0.4, 0.5) is 5.82 Å². The molecular formula is C8H13N3O2. The number of hydrogen-bond acceptors (Lipinski definition) is 3. The molecule has 13 heavy (non-hydrogen) atoms. The molecule has 0 radical (unpaired) electrons. The number of carboxylic acids is 1. The zero-order valence-corrected chi connectivity index (χ0v) is 7.53. The van der Waals surface area contributed by atoms with Gasteiger partial charge < -0.3 is 15.4 Å². The predicted octanol–water partition coefficient (Wildman–Crippen LogP) is 0.639. The number of aryl methyl sites for hydroxylation is 2. The van der Waals surface area contributed by atoms with Gasteiger partial charge in [0.1, 0.15) is 11.6 Å². The van der Waals surface area contributed by atoms with E-state index in [2.05, 4.69) is 4.98 Å². The van der Waals surface area contributed by atoms with E-state index in [-0.39, 0.29) is 6.42 Å². The van der Waals surface area contributed by atoms with Crippen LogP contribution in [0.2, 0.25) is 0 Å². The van der Waals surface area contributed by atoms with Crippen molar-refractivity contribution >= 4 is 11.8 Å². The van der Waals surface area contributed by atoms with Gasteiger partial charge in [0.2, 0.25) is 0 Å². The minimum Gasteiger partial charge on any atom is -0.481 e. The molecule has 1 heterocycles. The number of anilines is 1. The number of nitrogens with zero attached hydrogens (tertiary/aromatic N) is 2. The lowest BCUT2D eigenvalue weighted by molar-refractivity contribution is -0.137. The van der Waals surface area contributed by atoms with E-state index in [0.717, 1.165) is 5.82 Å². The van der Waals surface area contributed by atoms with Crippen LogP contribution in [0, 0.1) is 6.92 Å². The highest BCUT2D eigenvalue weighted by Crippen LogP contribution is 2.05. The van der Waals surface area contributed by atoms with E-state index in [9.17, 15) is 4.79 Å². The average Bonchev–Trinajstić information content (AvgIpc) is 2.29. The van der Waals surface area contributed by atoms with Gasteiger partial charge in [0.15, 0.2) is 0 Å². The first-order chi connectivity index (χ1) is 6.09. The number of rotatable bonds is 4. The third-order valence-corrected chi connectivity index (χ3v) is 1.78. The molecule has 0 saturated heterocycles. The van der Waals surface area contributed by atoms with Crippen LogP contribution in [0.5, 0.6) is 0 Å². The van der Waals surface area contributed by atoms with Crippen LogP contribution in [0.3, 0.4) is 0 Å². The molecule has 0 atom stereocenters. The summed E-state index contributed by atoms with van der Waals surface area (Å²) in [6.07, 6.45) is 2.50. The second kappa shape index (κ2) is 3.93. The molecule has 0 aliphatic heterocycles. The fraction of sp³-hybridized carbons (Fsp3) is 0.500. The summed E-state index contributed by atoms with van der Waals surface area (Å²) in [4.78, 5) is 14.2. The Morgan fingerprint density at radius 1 is 1.77 bits per heavy atom. The van der Waals surface area contributed by atoms with Gasteiger partial charge in [0, 0.05) is 19.2 Å². The number of hydrogen-bond donors (Lipinski definition) is 2. The number of nitrogens with two attached hydrogens (primary N) is 1. The highest BCUT2D eigenvalue weighted by Gasteiger charge is 2.01. The molecule has 0 aliphatic carbocycles. The monoisotopic (exact) mass is 183 g/mol. The van der Waals surface area contributed by atoms with Gasteiger partial charge in [-0.1, -0.05) is 0 Å². The Balaban J connectivity index is 2.45. The summed E-state index contributed by atoms with van der Waals surface area (Å²) < 4.78 is 1.86. The Morgan fingerprint density at radius 2 is 2.46 bits per heavy atom. The molecular weight excluding hydrogens is 170 g/mol. The molecule has 3 N–H and O–H groups in total. The highest BCUT2D eigenvalue weighted by molar-refractivity contribution is 5.66. The van der Waals surface area contributed by atoms with Crippen LogP contribution in [0.1, 0.15) is 18.7 Å². The molecule has 0 bridgehead atoms. The number of nitrogen functional groups attached to an aromatic ring is 1.